The van der Waals surface area contributed by atoms with E-state index in [2.05, 4.69) is 15.9 Å². The average molecular weight is 515 g/mol. The maximum absolute atomic E-state index is 14.1. The molecular weight excluding hydrogens is 492 g/mol. The van der Waals surface area contributed by atoms with Crippen LogP contribution in [0.25, 0.3) is 0 Å². The van der Waals surface area contributed by atoms with Gasteiger partial charge in [0.25, 0.3) is 0 Å². The van der Waals surface area contributed by atoms with E-state index in [1.165, 1.54) is 21.3 Å². The fourth-order valence-corrected chi connectivity index (χ4v) is 6.71. The van der Waals surface area contributed by atoms with E-state index in [1.807, 2.05) is 6.92 Å². The average Bonchev–Trinajstić information content (AvgIpc) is 2.97. The van der Waals surface area contributed by atoms with Gasteiger partial charge in [0.15, 0.2) is 17.3 Å². The molecule has 0 aliphatic heterocycles. The maximum Gasteiger partial charge on any atom is 0.178 e. The van der Waals surface area contributed by atoms with Crippen molar-refractivity contribution < 1.29 is 33.7 Å². The largest absolute Gasteiger partial charge is 0.496 e. The molecule has 0 aromatic heterocycles. The predicted octanol–water partition coefficient (Wildman–Crippen LogP) is 3.44. The first-order chi connectivity index (χ1) is 15.7. The molecule has 0 radical (unpaired) electrons. The van der Waals surface area contributed by atoms with Crippen LogP contribution >= 0.6 is 15.9 Å². The Bertz CT molecular complexity index is 1250. The summed E-state index contributed by atoms with van der Waals surface area (Å²) in [6.45, 7) is 1.82. The summed E-state index contributed by atoms with van der Waals surface area (Å²) >= 11 is 3.47. The summed E-state index contributed by atoms with van der Waals surface area (Å²) in [7, 11) is 4.42. The minimum absolute atomic E-state index is 0.00606. The highest BCUT2D eigenvalue weighted by Crippen LogP contribution is 2.59. The molecule has 33 heavy (non-hydrogen) atoms. The van der Waals surface area contributed by atoms with E-state index in [0.717, 1.165) is 5.56 Å². The van der Waals surface area contributed by atoms with Crippen LogP contribution in [-0.4, -0.2) is 49.9 Å². The third kappa shape index (κ3) is 2.74. The lowest BCUT2D eigenvalue weighted by atomic mass is 9.53. The smallest absolute Gasteiger partial charge is 0.178 e. The number of aliphatic hydroxyl groups is 1. The van der Waals surface area contributed by atoms with Crippen molar-refractivity contribution in [2.45, 2.75) is 31.8 Å². The number of fused-ring (bicyclic) bond motifs is 2. The number of aliphatic hydroxyl groups excluding tert-OH is 1. The van der Waals surface area contributed by atoms with Crippen LogP contribution in [0.2, 0.25) is 0 Å². The highest BCUT2D eigenvalue weighted by Gasteiger charge is 2.65. The molecule has 0 amide bonds. The van der Waals surface area contributed by atoms with Gasteiger partial charge in [0, 0.05) is 11.1 Å². The molecule has 3 unspecified atom stereocenters. The summed E-state index contributed by atoms with van der Waals surface area (Å²) in [6.07, 6.45) is -1.01. The molecule has 2 bridgehead atoms. The van der Waals surface area contributed by atoms with Gasteiger partial charge >= 0.3 is 0 Å². The van der Waals surface area contributed by atoms with E-state index in [1.54, 1.807) is 18.2 Å². The fourth-order valence-electron chi connectivity index (χ4n) is 6.05. The van der Waals surface area contributed by atoms with Gasteiger partial charge in [0.1, 0.15) is 21.7 Å². The summed E-state index contributed by atoms with van der Waals surface area (Å²) in [4.78, 5) is 41.8. The number of halogens is 1. The highest BCUT2D eigenvalue weighted by atomic mass is 79.9. The Morgan fingerprint density at radius 2 is 1.73 bits per heavy atom. The van der Waals surface area contributed by atoms with Crippen molar-refractivity contribution in [3.63, 3.8) is 0 Å². The van der Waals surface area contributed by atoms with Crippen molar-refractivity contribution in [2.24, 2.45) is 11.3 Å². The molecular formula is C25H23BrO7. The van der Waals surface area contributed by atoms with Gasteiger partial charge in [-0.2, -0.15) is 0 Å². The van der Waals surface area contributed by atoms with Gasteiger partial charge in [-0.25, -0.2) is 0 Å². The van der Waals surface area contributed by atoms with Gasteiger partial charge in [-0.05, 0) is 65.0 Å². The van der Waals surface area contributed by atoms with Crippen LogP contribution in [0.5, 0.6) is 17.2 Å². The first-order valence-electron chi connectivity index (χ1n) is 10.6. The zero-order valence-electron chi connectivity index (χ0n) is 18.7. The Balaban J connectivity index is 1.83. The fraction of sp³-hybridized carbons (Fsp3) is 0.400. The molecule has 4 aliphatic carbocycles. The number of rotatable bonds is 3. The molecule has 172 valence electrons. The number of ketones is 3. The normalized spacial score (nSPS) is 27.5. The van der Waals surface area contributed by atoms with Crippen molar-refractivity contribution in [2.75, 3.05) is 21.3 Å². The van der Waals surface area contributed by atoms with E-state index in [-0.39, 0.29) is 35.5 Å². The lowest BCUT2D eigenvalue weighted by Crippen LogP contribution is -2.57. The summed E-state index contributed by atoms with van der Waals surface area (Å²) in [5.74, 6) is -2.28. The van der Waals surface area contributed by atoms with Gasteiger partial charge < -0.3 is 19.3 Å². The van der Waals surface area contributed by atoms with Crippen LogP contribution < -0.4 is 14.2 Å². The topological polar surface area (TPSA) is 99.1 Å². The minimum atomic E-state index is -1.38. The van der Waals surface area contributed by atoms with Gasteiger partial charge in [-0.3, -0.25) is 14.4 Å². The van der Waals surface area contributed by atoms with Crippen LogP contribution in [0.4, 0.5) is 0 Å². The molecule has 0 heterocycles. The second kappa shape index (κ2) is 7.40. The lowest BCUT2D eigenvalue weighted by molar-refractivity contribution is -0.133. The molecule has 4 atom stereocenters. The Morgan fingerprint density at radius 3 is 2.36 bits per heavy atom. The van der Waals surface area contributed by atoms with Crippen molar-refractivity contribution >= 4 is 33.3 Å². The minimum Gasteiger partial charge on any atom is -0.496 e. The Morgan fingerprint density at radius 1 is 1.03 bits per heavy atom. The Hall–Kier alpha value is -2.71. The van der Waals surface area contributed by atoms with E-state index in [0.29, 0.717) is 27.1 Å². The van der Waals surface area contributed by atoms with Crippen molar-refractivity contribution in [3.05, 3.63) is 50.5 Å². The van der Waals surface area contributed by atoms with Crippen LogP contribution in [-0.2, 0) is 11.2 Å². The Labute approximate surface area is 199 Å². The summed E-state index contributed by atoms with van der Waals surface area (Å²) in [5.41, 5.74) is 0.934. The first kappa shape index (κ1) is 22.1. The number of hydrogen-bond donors (Lipinski definition) is 1. The molecule has 4 aliphatic rings. The van der Waals surface area contributed by atoms with E-state index in [9.17, 15) is 19.5 Å². The van der Waals surface area contributed by atoms with Crippen molar-refractivity contribution in [1.82, 2.24) is 0 Å². The van der Waals surface area contributed by atoms with Gasteiger partial charge in [0.05, 0.1) is 50.2 Å². The number of methoxy groups -OCH3 is 3. The molecule has 1 fully saturated rings. The zero-order valence-corrected chi connectivity index (χ0v) is 20.2. The van der Waals surface area contributed by atoms with Crippen molar-refractivity contribution in [3.8, 4) is 17.2 Å². The maximum atomic E-state index is 14.1. The van der Waals surface area contributed by atoms with Gasteiger partial charge in [-0.15, -0.1) is 0 Å². The molecule has 7 nitrogen and oxygen atoms in total. The Kier molecular flexibility index (Phi) is 4.95. The summed E-state index contributed by atoms with van der Waals surface area (Å²) in [5, 5.41) is 11.2. The van der Waals surface area contributed by atoms with Crippen LogP contribution in [0.3, 0.4) is 0 Å². The summed E-state index contributed by atoms with van der Waals surface area (Å²) < 4.78 is 17.0. The molecule has 1 N–H and O–H groups in total. The number of carbonyl (C=O) groups is 3. The second-order valence-electron chi connectivity index (χ2n) is 9.00. The van der Waals surface area contributed by atoms with Crippen molar-refractivity contribution in [1.29, 1.82) is 0 Å². The SMILES string of the molecule is COc1cc2c(c(OC)c1Br)C1C(=O)C3C(=O)c4c(OC)cc(C)cc4C(=O)[C@]3(C2)CC1O. The monoisotopic (exact) mass is 514 g/mol. The standard InChI is InChI=1S/C25H23BrO7/c1-10-5-12-17(14(6-10)31-2)21(28)19-22(29)18-13(27)9-25(19,24(12)30)8-11-7-15(32-3)20(26)23(33-4)16(11)18/h5-7,13,18-19,27H,8-9H2,1-4H3/t13?,18?,19?,25-/m1/s1. The summed E-state index contributed by atoms with van der Waals surface area (Å²) in [6, 6.07) is 5.12. The first-order valence-corrected chi connectivity index (χ1v) is 11.4. The zero-order chi connectivity index (χ0) is 23.8. The molecule has 2 aromatic carbocycles. The van der Waals surface area contributed by atoms with E-state index < -0.39 is 34.9 Å². The lowest BCUT2D eigenvalue weighted by Gasteiger charge is -2.46. The quantitative estimate of drug-likeness (QED) is 0.626. The molecule has 1 saturated carbocycles. The highest BCUT2D eigenvalue weighted by molar-refractivity contribution is 9.10. The van der Waals surface area contributed by atoms with Gasteiger partial charge in [0.2, 0.25) is 0 Å². The molecule has 1 spiro atoms. The van der Waals surface area contributed by atoms with Crippen LogP contribution in [0, 0.1) is 18.3 Å². The number of Topliss-reactive ketones (excluding diaryl/α,β-unsaturated/α-hetero) is 3. The number of benzene rings is 2. The van der Waals surface area contributed by atoms with E-state index >= 15 is 0 Å². The molecule has 0 saturated heterocycles. The van der Waals surface area contributed by atoms with Crippen LogP contribution in [0.15, 0.2) is 22.7 Å². The third-order valence-corrected chi connectivity index (χ3v) is 8.08. The predicted molar refractivity (Wildman–Crippen MR) is 122 cm³/mol. The molecule has 6 rings (SSSR count). The van der Waals surface area contributed by atoms with Crippen LogP contribution in [0.1, 0.15) is 49.7 Å². The molecule has 2 aromatic rings. The second-order valence-corrected chi connectivity index (χ2v) is 9.79. The third-order valence-electron chi connectivity index (χ3n) is 7.33. The van der Waals surface area contributed by atoms with E-state index in [4.69, 9.17) is 14.2 Å². The number of aryl methyl sites for hydroxylation is 1. The number of carbonyl (C=O) groups excluding carboxylic acids is 3. The van der Waals surface area contributed by atoms with Gasteiger partial charge in [-0.1, -0.05) is 0 Å². The number of hydrogen-bond acceptors (Lipinski definition) is 7. The number of ether oxygens (including phenoxy) is 3. The molecule has 8 heteroatoms.